The molecule has 2 rings (SSSR count). The van der Waals surface area contributed by atoms with Gasteiger partial charge in [-0.1, -0.05) is 19.1 Å². The fraction of sp³-hybridized carbons (Fsp3) is 0.562. The molecule has 0 N–H and O–H groups in total. The summed E-state index contributed by atoms with van der Waals surface area (Å²) in [6.45, 7) is 9.92. The highest BCUT2D eigenvalue weighted by atomic mass is 16.5. The molecule has 0 saturated carbocycles. The molecule has 0 spiro atoms. The Morgan fingerprint density at radius 1 is 1.28 bits per heavy atom. The summed E-state index contributed by atoms with van der Waals surface area (Å²) in [4.78, 5) is 0. The Hall–Kier alpha value is -1.33. The molecule has 96 valence electrons. The van der Waals surface area contributed by atoms with Crippen molar-refractivity contribution in [1.29, 1.82) is 5.26 Å². The first kappa shape index (κ1) is 13.1. The Balaban J connectivity index is 2.53. The molecular formula is C16H21NO. The molecule has 1 heterocycles. The van der Waals surface area contributed by atoms with Gasteiger partial charge in [0.25, 0.3) is 0 Å². The minimum absolute atomic E-state index is 0.0482. The van der Waals surface area contributed by atoms with E-state index in [9.17, 15) is 5.26 Å². The number of benzene rings is 1. The minimum atomic E-state index is -0.0773. The van der Waals surface area contributed by atoms with Crippen LogP contribution in [0.15, 0.2) is 12.1 Å². The molecular weight excluding hydrogens is 222 g/mol. The molecule has 2 heteroatoms. The van der Waals surface area contributed by atoms with Gasteiger partial charge >= 0.3 is 0 Å². The lowest BCUT2D eigenvalue weighted by atomic mass is 9.66. The largest absolute Gasteiger partial charge is 0.379 e. The second-order valence-electron chi connectivity index (χ2n) is 5.42. The van der Waals surface area contributed by atoms with Gasteiger partial charge in [0.1, 0.15) is 0 Å². The van der Waals surface area contributed by atoms with E-state index >= 15 is 0 Å². The standard InChI is InChI=1S/C16H21NO/c1-5-14(8-17)16(9-18-10-16)15-7-6-11(2)12(3)13(15)4/h6-7,14H,5,9-10H2,1-4H3. The highest BCUT2D eigenvalue weighted by molar-refractivity contribution is 5.45. The lowest BCUT2D eigenvalue weighted by Crippen LogP contribution is -2.52. The molecule has 1 fully saturated rings. The molecule has 1 aliphatic heterocycles. The Morgan fingerprint density at radius 3 is 2.39 bits per heavy atom. The van der Waals surface area contributed by atoms with Gasteiger partial charge in [0.05, 0.1) is 30.6 Å². The van der Waals surface area contributed by atoms with E-state index in [0.717, 1.165) is 6.42 Å². The fourth-order valence-corrected chi connectivity index (χ4v) is 2.97. The molecule has 0 bridgehead atoms. The van der Waals surface area contributed by atoms with Crippen LogP contribution in [0.5, 0.6) is 0 Å². The third-order valence-electron chi connectivity index (χ3n) is 4.54. The Morgan fingerprint density at radius 2 is 1.94 bits per heavy atom. The Kier molecular flexibility index (Phi) is 3.45. The van der Waals surface area contributed by atoms with Crippen LogP contribution >= 0.6 is 0 Å². The molecule has 0 radical (unpaired) electrons. The molecule has 1 aromatic carbocycles. The molecule has 1 aliphatic rings. The lowest BCUT2D eigenvalue weighted by Gasteiger charge is -2.46. The van der Waals surface area contributed by atoms with Gasteiger partial charge in [-0.05, 0) is 49.4 Å². The number of ether oxygens (including phenoxy) is 1. The molecule has 0 aromatic heterocycles. The Bertz CT molecular complexity index is 495. The van der Waals surface area contributed by atoms with Crippen molar-refractivity contribution in [3.05, 3.63) is 34.4 Å². The summed E-state index contributed by atoms with van der Waals surface area (Å²) in [5.74, 6) is 0.0482. The predicted molar refractivity (Wildman–Crippen MR) is 72.5 cm³/mol. The summed E-state index contributed by atoms with van der Waals surface area (Å²) >= 11 is 0. The molecule has 0 aliphatic carbocycles. The second kappa shape index (κ2) is 4.74. The van der Waals surface area contributed by atoms with E-state index in [-0.39, 0.29) is 11.3 Å². The first-order valence-corrected chi connectivity index (χ1v) is 6.61. The van der Waals surface area contributed by atoms with Crippen molar-refractivity contribution in [2.24, 2.45) is 5.92 Å². The van der Waals surface area contributed by atoms with Crippen LogP contribution in [0.3, 0.4) is 0 Å². The number of nitrogens with zero attached hydrogens (tertiary/aromatic N) is 1. The SMILES string of the molecule is CCC(C#N)C1(c2ccc(C)c(C)c2C)COC1. The van der Waals surface area contributed by atoms with Crippen LogP contribution in [-0.4, -0.2) is 13.2 Å². The maximum atomic E-state index is 9.40. The maximum absolute atomic E-state index is 9.40. The van der Waals surface area contributed by atoms with Crippen LogP contribution in [0, 0.1) is 38.0 Å². The van der Waals surface area contributed by atoms with Gasteiger partial charge in [-0.15, -0.1) is 0 Å². The zero-order valence-corrected chi connectivity index (χ0v) is 11.7. The summed E-state index contributed by atoms with van der Waals surface area (Å²) in [5.41, 5.74) is 5.21. The van der Waals surface area contributed by atoms with Crippen LogP contribution in [-0.2, 0) is 10.2 Å². The van der Waals surface area contributed by atoms with E-state index < -0.39 is 0 Å². The van der Waals surface area contributed by atoms with E-state index in [2.05, 4.69) is 45.9 Å². The van der Waals surface area contributed by atoms with Crippen molar-refractivity contribution >= 4 is 0 Å². The number of hydrogen-bond donors (Lipinski definition) is 0. The van der Waals surface area contributed by atoms with Crippen molar-refractivity contribution in [2.75, 3.05) is 13.2 Å². The zero-order valence-electron chi connectivity index (χ0n) is 11.7. The number of aryl methyl sites for hydroxylation is 1. The van der Waals surface area contributed by atoms with E-state index in [1.165, 1.54) is 22.3 Å². The van der Waals surface area contributed by atoms with Crippen molar-refractivity contribution < 1.29 is 4.74 Å². The smallest absolute Gasteiger partial charge is 0.0666 e. The van der Waals surface area contributed by atoms with Gasteiger partial charge < -0.3 is 4.74 Å². The first-order chi connectivity index (χ1) is 8.56. The van der Waals surface area contributed by atoms with E-state index in [1.807, 2.05) is 0 Å². The minimum Gasteiger partial charge on any atom is -0.379 e. The first-order valence-electron chi connectivity index (χ1n) is 6.61. The molecule has 1 unspecified atom stereocenters. The predicted octanol–water partition coefficient (Wildman–Crippen LogP) is 3.43. The monoisotopic (exact) mass is 243 g/mol. The summed E-state index contributed by atoms with van der Waals surface area (Å²) in [6.07, 6.45) is 0.881. The molecule has 18 heavy (non-hydrogen) atoms. The van der Waals surface area contributed by atoms with Crippen molar-refractivity contribution in [1.82, 2.24) is 0 Å². The number of rotatable bonds is 3. The molecule has 2 nitrogen and oxygen atoms in total. The van der Waals surface area contributed by atoms with Crippen LogP contribution < -0.4 is 0 Å². The van der Waals surface area contributed by atoms with E-state index in [1.54, 1.807) is 0 Å². The third kappa shape index (κ3) is 1.74. The topological polar surface area (TPSA) is 33.0 Å². The molecule has 1 aromatic rings. The average Bonchev–Trinajstić information content (AvgIpc) is 2.32. The van der Waals surface area contributed by atoms with Gasteiger partial charge in [-0.2, -0.15) is 5.26 Å². The molecule has 1 saturated heterocycles. The zero-order chi connectivity index (χ0) is 13.3. The quantitative estimate of drug-likeness (QED) is 0.814. The number of nitriles is 1. The van der Waals surface area contributed by atoms with Crippen molar-refractivity contribution in [2.45, 2.75) is 39.5 Å². The van der Waals surface area contributed by atoms with Crippen molar-refractivity contribution in [3.8, 4) is 6.07 Å². The van der Waals surface area contributed by atoms with Crippen LogP contribution in [0.25, 0.3) is 0 Å². The van der Waals surface area contributed by atoms with Crippen LogP contribution in [0.4, 0.5) is 0 Å². The fourth-order valence-electron chi connectivity index (χ4n) is 2.97. The van der Waals surface area contributed by atoms with Gasteiger partial charge in [0, 0.05) is 0 Å². The van der Waals surface area contributed by atoms with Crippen LogP contribution in [0.2, 0.25) is 0 Å². The van der Waals surface area contributed by atoms with Gasteiger partial charge in [0.2, 0.25) is 0 Å². The van der Waals surface area contributed by atoms with Gasteiger partial charge in [0.15, 0.2) is 0 Å². The van der Waals surface area contributed by atoms with Gasteiger partial charge in [-0.3, -0.25) is 0 Å². The third-order valence-corrected chi connectivity index (χ3v) is 4.54. The number of hydrogen-bond acceptors (Lipinski definition) is 2. The summed E-state index contributed by atoms with van der Waals surface area (Å²) < 4.78 is 5.45. The summed E-state index contributed by atoms with van der Waals surface area (Å²) in [6, 6.07) is 6.84. The molecule has 1 atom stereocenters. The second-order valence-corrected chi connectivity index (χ2v) is 5.42. The van der Waals surface area contributed by atoms with E-state index in [0.29, 0.717) is 13.2 Å². The normalized spacial score (nSPS) is 18.8. The lowest BCUT2D eigenvalue weighted by molar-refractivity contribution is -0.0808. The summed E-state index contributed by atoms with van der Waals surface area (Å²) in [5, 5.41) is 9.40. The van der Waals surface area contributed by atoms with E-state index in [4.69, 9.17) is 4.74 Å². The molecule has 0 amide bonds. The maximum Gasteiger partial charge on any atom is 0.0666 e. The summed E-state index contributed by atoms with van der Waals surface area (Å²) in [7, 11) is 0. The van der Waals surface area contributed by atoms with Crippen molar-refractivity contribution in [3.63, 3.8) is 0 Å². The highest BCUT2D eigenvalue weighted by Gasteiger charge is 2.47. The Labute approximate surface area is 110 Å². The average molecular weight is 243 g/mol. The van der Waals surface area contributed by atoms with Gasteiger partial charge in [-0.25, -0.2) is 0 Å². The van der Waals surface area contributed by atoms with Crippen LogP contribution in [0.1, 0.15) is 35.6 Å². The highest BCUT2D eigenvalue weighted by Crippen LogP contribution is 2.43.